The Labute approximate surface area is 177 Å². The molecule has 1 aliphatic heterocycles. The summed E-state index contributed by atoms with van der Waals surface area (Å²) in [7, 11) is -3.39. The zero-order valence-electron chi connectivity index (χ0n) is 16.6. The summed E-state index contributed by atoms with van der Waals surface area (Å²) in [5.74, 6) is 0.607. The van der Waals surface area contributed by atoms with Crippen molar-refractivity contribution in [3.8, 4) is 5.75 Å². The Morgan fingerprint density at radius 1 is 1.21 bits per heavy atom. The fraction of sp³-hybridized carbons (Fsp3) is 0.650. The number of carbonyl (C=O) groups is 1. The van der Waals surface area contributed by atoms with E-state index in [2.05, 4.69) is 5.32 Å². The smallest absolute Gasteiger partial charge is 0.257 e. The molecule has 9 heteroatoms. The van der Waals surface area contributed by atoms with Crippen LogP contribution in [0.1, 0.15) is 43.6 Å². The number of nitrogens with zero attached hydrogens (tertiary/aromatic N) is 1. The Hall–Kier alpha value is -1.35. The van der Waals surface area contributed by atoms with Crippen LogP contribution in [0.2, 0.25) is 5.02 Å². The molecule has 1 aliphatic carbocycles. The van der Waals surface area contributed by atoms with Crippen LogP contribution in [0, 0.1) is 0 Å². The second kappa shape index (κ2) is 10.6. The second-order valence-corrected chi connectivity index (χ2v) is 10.0. The van der Waals surface area contributed by atoms with E-state index in [-0.39, 0.29) is 24.8 Å². The van der Waals surface area contributed by atoms with E-state index in [9.17, 15) is 13.2 Å². The maximum Gasteiger partial charge on any atom is 0.257 e. The lowest BCUT2D eigenvalue weighted by Crippen LogP contribution is -2.44. The van der Waals surface area contributed by atoms with Crippen molar-refractivity contribution in [2.24, 2.45) is 0 Å². The molecular formula is C20H29ClN2O5S. The predicted octanol–water partition coefficient (Wildman–Crippen LogP) is 2.54. The molecule has 0 unspecified atom stereocenters. The van der Waals surface area contributed by atoms with Gasteiger partial charge in [0.1, 0.15) is 5.75 Å². The van der Waals surface area contributed by atoms with Crippen molar-refractivity contribution in [2.75, 3.05) is 45.2 Å². The summed E-state index contributed by atoms with van der Waals surface area (Å²) >= 11 is 6.17. The predicted molar refractivity (Wildman–Crippen MR) is 112 cm³/mol. The van der Waals surface area contributed by atoms with Crippen LogP contribution < -0.4 is 10.1 Å². The van der Waals surface area contributed by atoms with Gasteiger partial charge in [0.2, 0.25) is 10.0 Å². The Morgan fingerprint density at radius 2 is 1.93 bits per heavy atom. The highest BCUT2D eigenvalue weighted by Gasteiger charge is 2.24. The molecule has 2 fully saturated rings. The Kier molecular flexibility index (Phi) is 8.17. The van der Waals surface area contributed by atoms with E-state index < -0.39 is 10.0 Å². The molecule has 1 heterocycles. The Morgan fingerprint density at radius 3 is 2.66 bits per heavy atom. The van der Waals surface area contributed by atoms with E-state index in [1.807, 2.05) is 12.1 Å². The van der Waals surface area contributed by atoms with Crippen molar-refractivity contribution in [1.82, 2.24) is 9.62 Å². The Bertz CT molecular complexity index is 790. The van der Waals surface area contributed by atoms with Crippen LogP contribution in [-0.2, 0) is 19.6 Å². The quantitative estimate of drug-likeness (QED) is 0.666. The van der Waals surface area contributed by atoms with Crippen molar-refractivity contribution in [3.05, 3.63) is 28.8 Å². The van der Waals surface area contributed by atoms with Gasteiger partial charge in [0, 0.05) is 24.7 Å². The summed E-state index contributed by atoms with van der Waals surface area (Å²) < 4.78 is 36.9. The topological polar surface area (TPSA) is 84.9 Å². The van der Waals surface area contributed by atoms with Gasteiger partial charge in [0.25, 0.3) is 5.91 Å². The van der Waals surface area contributed by atoms with Gasteiger partial charge >= 0.3 is 0 Å². The molecule has 7 nitrogen and oxygen atoms in total. The third-order valence-electron chi connectivity index (χ3n) is 5.42. The molecule has 3 rings (SSSR count). The van der Waals surface area contributed by atoms with Crippen LogP contribution in [0.3, 0.4) is 0 Å². The summed E-state index contributed by atoms with van der Waals surface area (Å²) in [6.45, 7) is 1.43. The molecule has 2 aliphatic rings. The van der Waals surface area contributed by atoms with E-state index in [4.69, 9.17) is 21.1 Å². The number of hydrogen-bond acceptors (Lipinski definition) is 5. The minimum absolute atomic E-state index is 0.0536. The van der Waals surface area contributed by atoms with Gasteiger partial charge in [-0.25, -0.2) is 8.42 Å². The van der Waals surface area contributed by atoms with Crippen molar-refractivity contribution in [2.45, 2.75) is 38.0 Å². The average molecular weight is 445 g/mol. The molecule has 0 bridgehead atoms. The third-order valence-corrected chi connectivity index (χ3v) is 7.53. The number of hydrogen-bond donors (Lipinski definition) is 1. The first-order valence-electron chi connectivity index (χ1n) is 10.2. The minimum atomic E-state index is -3.39. The van der Waals surface area contributed by atoms with E-state index in [0.717, 1.165) is 18.4 Å². The van der Waals surface area contributed by atoms with Gasteiger partial charge in [0.05, 0.1) is 19.0 Å². The first kappa shape index (κ1) is 22.3. The average Bonchev–Trinajstić information content (AvgIpc) is 2.74. The lowest BCUT2D eigenvalue weighted by atomic mass is 9.84. The highest BCUT2D eigenvalue weighted by molar-refractivity contribution is 7.89. The lowest BCUT2D eigenvalue weighted by molar-refractivity contribution is -0.122. The molecule has 0 spiro atoms. The molecule has 1 saturated heterocycles. The van der Waals surface area contributed by atoms with Gasteiger partial charge in [-0.1, -0.05) is 30.9 Å². The van der Waals surface area contributed by atoms with Gasteiger partial charge in [-0.15, -0.1) is 0 Å². The molecule has 29 heavy (non-hydrogen) atoms. The number of morpholine rings is 1. The van der Waals surface area contributed by atoms with Crippen molar-refractivity contribution in [3.63, 3.8) is 0 Å². The maximum atomic E-state index is 12.3. The van der Waals surface area contributed by atoms with Crippen molar-refractivity contribution >= 4 is 27.5 Å². The number of halogens is 1. The van der Waals surface area contributed by atoms with Crippen LogP contribution in [0.25, 0.3) is 0 Å². The molecule has 1 amide bonds. The normalized spacial score (nSPS) is 19.1. The number of carbonyl (C=O) groups excluding carboxylic acids is 1. The monoisotopic (exact) mass is 444 g/mol. The van der Waals surface area contributed by atoms with Gasteiger partial charge in [0.15, 0.2) is 6.61 Å². The van der Waals surface area contributed by atoms with Crippen molar-refractivity contribution in [1.29, 1.82) is 0 Å². The molecule has 1 aromatic carbocycles. The van der Waals surface area contributed by atoms with Crippen LogP contribution in [-0.4, -0.2) is 63.8 Å². The van der Waals surface area contributed by atoms with Crippen LogP contribution in [0.4, 0.5) is 0 Å². The van der Waals surface area contributed by atoms with Gasteiger partial charge in [-0.2, -0.15) is 4.31 Å². The fourth-order valence-electron chi connectivity index (χ4n) is 3.85. The fourth-order valence-corrected chi connectivity index (χ4v) is 5.36. The SMILES string of the molecule is O=C(COc1ccc(Cl)cc1C1CCCCC1)NCCS(=O)(=O)N1CCOCC1. The molecule has 0 radical (unpaired) electrons. The lowest BCUT2D eigenvalue weighted by Gasteiger charge is -2.26. The maximum absolute atomic E-state index is 12.3. The summed E-state index contributed by atoms with van der Waals surface area (Å²) in [4.78, 5) is 12.1. The molecule has 1 N–H and O–H groups in total. The zero-order valence-corrected chi connectivity index (χ0v) is 18.1. The number of ether oxygens (including phenoxy) is 2. The highest BCUT2D eigenvalue weighted by atomic mass is 35.5. The zero-order chi connectivity index (χ0) is 20.7. The Balaban J connectivity index is 1.48. The summed E-state index contributed by atoms with van der Waals surface area (Å²) in [5, 5.41) is 3.29. The molecule has 162 valence electrons. The number of benzene rings is 1. The van der Waals surface area contributed by atoms with Gasteiger partial charge in [-0.3, -0.25) is 4.79 Å². The summed E-state index contributed by atoms with van der Waals surface area (Å²) in [6.07, 6.45) is 5.83. The van der Waals surface area contributed by atoms with Crippen molar-refractivity contribution < 1.29 is 22.7 Å². The van der Waals surface area contributed by atoms with E-state index in [1.165, 1.54) is 23.6 Å². The third kappa shape index (κ3) is 6.57. The largest absolute Gasteiger partial charge is 0.483 e. The van der Waals surface area contributed by atoms with Crippen LogP contribution in [0.15, 0.2) is 18.2 Å². The number of sulfonamides is 1. The van der Waals surface area contributed by atoms with Gasteiger partial charge in [-0.05, 0) is 42.5 Å². The summed E-state index contributed by atoms with van der Waals surface area (Å²) in [5.41, 5.74) is 1.06. The van der Waals surface area contributed by atoms with E-state index in [0.29, 0.717) is 43.0 Å². The number of nitrogens with one attached hydrogen (secondary N) is 1. The van der Waals surface area contributed by atoms with Gasteiger partial charge < -0.3 is 14.8 Å². The second-order valence-electron chi connectivity index (χ2n) is 7.48. The molecule has 0 atom stereocenters. The summed E-state index contributed by atoms with van der Waals surface area (Å²) in [6, 6.07) is 5.50. The molecule has 0 aromatic heterocycles. The highest BCUT2D eigenvalue weighted by Crippen LogP contribution is 2.38. The van der Waals surface area contributed by atoms with Crippen LogP contribution >= 0.6 is 11.6 Å². The van der Waals surface area contributed by atoms with E-state index in [1.54, 1.807) is 6.07 Å². The minimum Gasteiger partial charge on any atom is -0.483 e. The standard InChI is InChI=1S/C20H29ClN2O5S/c21-17-6-7-19(18(14-17)16-4-2-1-3-5-16)28-15-20(24)22-8-13-29(25,26)23-9-11-27-12-10-23/h6-7,14,16H,1-5,8-13,15H2,(H,22,24). The number of rotatable bonds is 8. The molecule has 1 aromatic rings. The first-order valence-corrected chi connectivity index (χ1v) is 12.2. The first-order chi connectivity index (χ1) is 14.0. The number of amides is 1. The van der Waals surface area contributed by atoms with Crippen LogP contribution in [0.5, 0.6) is 5.75 Å². The molecular weight excluding hydrogens is 416 g/mol. The van der Waals surface area contributed by atoms with E-state index >= 15 is 0 Å². The molecule has 1 saturated carbocycles.